The molecule has 186 valence electrons. The van der Waals surface area contributed by atoms with E-state index in [9.17, 15) is 13.5 Å². The van der Waals surface area contributed by atoms with Crippen molar-refractivity contribution < 1.29 is 17.9 Å². The predicted octanol–water partition coefficient (Wildman–Crippen LogP) is 5.82. The Morgan fingerprint density at radius 2 is 1.78 bits per heavy atom. The third kappa shape index (κ3) is 4.96. The van der Waals surface area contributed by atoms with Crippen LogP contribution in [0.5, 0.6) is 5.75 Å². The maximum absolute atomic E-state index is 15.8. The molecule has 0 aliphatic rings. The highest BCUT2D eigenvalue weighted by Gasteiger charge is 2.24. The average Bonchev–Trinajstić information content (AvgIpc) is 3.33. The van der Waals surface area contributed by atoms with Crippen LogP contribution in [0.3, 0.4) is 0 Å². The van der Waals surface area contributed by atoms with Gasteiger partial charge in [0, 0.05) is 17.3 Å². The van der Waals surface area contributed by atoms with E-state index in [0.717, 1.165) is 17.7 Å². The zero-order valence-corrected chi connectivity index (χ0v) is 21.1. The van der Waals surface area contributed by atoms with Crippen LogP contribution in [-0.2, 0) is 10.0 Å². The molecule has 0 saturated carbocycles. The quantitative estimate of drug-likeness (QED) is 0.137. The summed E-state index contributed by atoms with van der Waals surface area (Å²) in [5.74, 6) is -1.09. The number of rotatable bonds is 6. The molecule has 2 heterocycles. The highest BCUT2D eigenvalue weighted by Crippen LogP contribution is 2.42. The van der Waals surface area contributed by atoms with Gasteiger partial charge in [-0.05, 0) is 48.0 Å². The Labute approximate surface area is 220 Å². The monoisotopic (exact) mass is 553 g/mol. The van der Waals surface area contributed by atoms with E-state index in [1.165, 1.54) is 41.8 Å². The molecule has 0 spiro atoms. The van der Waals surface area contributed by atoms with Gasteiger partial charge in [-0.15, -0.1) is 11.3 Å². The number of nitrogens with one attached hydrogen (secondary N) is 1. The number of nitrogens with zero attached hydrogens (tertiary/aromatic N) is 3. The van der Waals surface area contributed by atoms with Gasteiger partial charge in [0.1, 0.15) is 10.8 Å². The molecule has 0 aliphatic carbocycles. The van der Waals surface area contributed by atoms with Gasteiger partial charge in [-0.2, -0.15) is 0 Å². The highest BCUT2D eigenvalue weighted by molar-refractivity contribution is 7.92. The fraction of sp³-hybridized carbons (Fsp3) is 0. The first-order valence-corrected chi connectivity index (χ1v) is 13.4. The van der Waals surface area contributed by atoms with Gasteiger partial charge in [-0.25, -0.2) is 27.8 Å². The molecule has 0 aliphatic heterocycles. The molecule has 0 fully saturated rings. The van der Waals surface area contributed by atoms with Crippen LogP contribution in [0.2, 0.25) is 5.28 Å². The molecule has 5 aromatic rings. The van der Waals surface area contributed by atoms with Crippen molar-refractivity contribution >= 4 is 44.3 Å². The largest absolute Gasteiger partial charge is 0.506 e. The number of aromatic hydroxyl groups is 1. The van der Waals surface area contributed by atoms with E-state index in [-0.39, 0.29) is 38.6 Å². The van der Waals surface area contributed by atoms with Crippen LogP contribution in [0.1, 0.15) is 0 Å². The second-order valence-electron chi connectivity index (χ2n) is 7.77. The molecule has 0 radical (unpaired) electrons. The lowest BCUT2D eigenvalue weighted by atomic mass is 10.1. The number of hydrogen-bond acceptors (Lipinski definition) is 8. The van der Waals surface area contributed by atoms with Gasteiger partial charge in [0.25, 0.3) is 10.0 Å². The zero-order chi connectivity index (χ0) is 26.2. The number of phenolic OH excluding ortho intramolecular Hbond substituents is 1. The van der Waals surface area contributed by atoms with Gasteiger partial charge in [0.05, 0.1) is 32.5 Å². The van der Waals surface area contributed by atoms with E-state index in [1.54, 1.807) is 6.07 Å². The van der Waals surface area contributed by atoms with Crippen molar-refractivity contribution in [1.29, 1.82) is 0 Å². The number of thiazole rings is 1. The average molecular weight is 554 g/mol. The molecule has 0 amide bonds. The molecular formula is C25H17ClFN5O3S2. The molecular weight excluding hydrogens is 537 g/mol. The molecule has 0 saturated heterocycles. The summed E-state index contributed by atoms with van der Waals surface area (Å²) in [6, 6.07) is 18.7. The third-order valence-corrected chi connectivity index (χ3v) is 7.99. The Morgan fingerprint density at radius 1 is 1.00 bits per heavy atom. The van der Waals surface area contributed by atoms with E-state index in [2.05, 4.69) is 19.7 Å². The van der Waals surface area contributed by atoms with Crippen molar-refractivity contribution in [2.75, 3.05) is 10.5 Å². The van der Waals surface area contributed by atoms with Crippen LogP contribution in [0.25, 0.3) is 32.4 Å². The Bertz CT molecular complexity index is 1730. The van der Waals surface area contributed by atoms with Gasteiger partial charge in [0.2, 0.25) is 5.28 Å². The molecule has 12 heteroatoms. The highest BCUT2D eigenvalue weighted by atomic mass is 35.5. The minimum absolute atomic E-state index is 0.0215. The number of nitrogens with two attached hydrogens (primary N) is 1. The van der Waals surface area contributed by atoms with Crippen molar-refractivity contribution in [3.05, 3.63) is 90.1 Å². The van der Waals surface area contributed by atoms with Crippen LogP contribution in [0.15, 0.2) is 83.9 Å². The van der Waals surface area contributed by atoms with Crippen molar-refractivity contribution in [1.82, 2.24) is 15.0 Å². The number of aromatic nitrogens is 3. The number of phenols is 1. The molecule has 37 heavy (non-hydrogen) atoms. The number of benzene rings is 3. The minimum atomic E-state index is -4.22. The fourth-order valence-corrected chi connectivity index (χ4v) is 5.84. The van der Waals surface area contributed by atoms with Crippen molar-refractivity contribution in [3.8, 4) is 38.1 Å². The molecule has 5 rings (SSSR count). The van der Waals surface area contributed by atoms with Crippen LogP contribution < -0.4 is 10.5 Å². The van der Waals surface area contributed by atoms with E-state index < -0.39 is 15.8 Å². The van der Waals surface area contributed by atoms with E-state index in [1.807, 2.05) is 30.3 Å². The first-order chi connectivity index (χ1) is 17.7. The first-order valence-electron chi connectivity index (χ1n) is 10.7. The predicted molar refractivity (Wildman–Crippen MR) is 142 cm³/mol. The Kier molecular flexibility index (Phi) is 6.50. The number of halogens is 2. The van der Waals surface area contributed by atoms with Gasteiger partial charge in [0.15, 0.2) is 5.82 Å². The number of nitrogen functional groups attached to an aromatic ring is 1. The number of sulfonamides is 1. The van der Waals surface area contributed by atoms with E-state index in [0.29, 0.717) is 15.6 Å². The van der Waals surface area contributed by atoms with E-state index in [4.69, 9.17) is 17.3 Å². The van der Waals surface area contributed by atoms with Crippen LogP contribution in [0.4, 0.5) is 15.8 Å². The second-order valence-corrected chi connectivity index (χ2v) is 10.8. The van der Waals surface area contributed by atoms with Gasteiger partial charge < -0.3 is 10.8 Å². The number of anilines is 2. The topological polar surface area (TPSA) is 131 Å². The minimum Gasteiger partial charge on any atom is -0.506 e. The lowest BCUT2D eigenvalue weighted by Gasteiger charge is -2.12. The van der Waals surface area contributed by atoms with Crippen LogP contribution in [0, 0.1) is 5.82 Å². The normalized spacial score (nSPS) is 11.4. The second kappa shape index (κ2) is 9.77. The lowest BCUT2D eigenvalue weighted by Crippen LogP contribution is -2.14. The lowest BCUT2D eigenvalue weighted by molar-refractivity contribution is 0.477. The van der Waals surface area contributed by atoms with Crippen LogP contribution in [-0.4, -0.2) is 28.5 Å². The summed E-state index contributed by atoms with van der Waals surface area (Å²) in [7, 11) is -4.22. The summed E-state index contributed by atoms with van der Waals surface area (Å²) in [6.07, 6.45) is 1.49. The molecule has 8 nitrogen and oxygen atoms in total. The SMILES string of the molecule is Nc1cc(S(=O)(=O)Nc2cccc(-c3nc(-c4ccccc4)sc3-c3ccnc(Cl)n3)c2F)ccc1O. The molecule has 2 aromatic heterocycles. The summed E-state index contributed by atoms with van der Waals surface area (Å²) in [6.45, 7) is 0. The van der Waals surface area contributed by atoms with Crippen molar-refractivity contribution in [2.24, 2.45) is 0 Å². The fourth-order valence-electron chi connectivity index (χ4n) is 3.54. The zero-order valence-electron chi connectivity index (χ0n) is 18.8. The number of hydrogen-bond donors (Lipinski definition) is 3. The molecule has 3 aromatic carbocycles. The maximum atomic E-state index is 15.8. The van der Waals surface area contributed by atoms with Gasteiger partial charge in [-0.3, -0.25) is 4.72 Å². The van der Waals surface area contributed by atoms with Crippen molar-refractivity contribution in [2.45, 2.75) is 4.90 Å². The van der Waals surface area contributed by atoms with Crippen molar-refractivity contribution in [3.63, 3.8) is 0 Å². The summed E-state index contributed by atoms with van der Waals surface area (Å²) < 4.78 is 43.9. The smallest absolute Gasteiger partial charge is 0.262 e. The summed E-state index contributed by atoms with van der Waals surface area (Å²) in [5.41, 5.74) is 6.82. The Balaban J connectivity index is 1.62. The maximum Gasteiger partial charge on any atom is 0.262 e. The first kappa shape index (κ1) is 24.6. The van der Waals surface area contributed by atoms with Gasteiger partial charge >= 0.3 is 0 Å². The Hall–Kier alpha value is -4.06. The molecule has 0 unspecified atom stereocenters. The standard InChI is InChI=1S/C25H17ClFN5O3S2/c26-25-29-12-11-19(30-25)23-22(31-24(36-23)14-5-2-1-3-6-14)16-7-4-8-18(21(16)27)32-37(34,35)15-9-10-20(33)17(28)13-15/h1-13,32-33H,28H2. The Morgan fingerprint density at radius 3 is 2.51 bits per heavy atom. The third-order valence-electron chi connectivity index (χ3n) is 5.31. The molecule has 4 N–H and O–H groups in total. The van der Waals surface area contributed by atoms with E-state index >= 15 is 4.39 Å². The van der Waals surface area contributed by atoms with Gasteiger partial charge in [-0.1, -0.05) is 36.4 Å². The van der Waals surface area contributed by atoms with Crippen LogP contribution >= 0.6 is 22.9 Å². The summed E-state index contributed by atoms with van der Waals surface area (Å²) in [5, 5.41) is 10.2. The molecule has 0 atom stereocenters. The molecule has 0 bridgehead atoms. The summed E-state index contributed by atoms with van der Waals surface area (Å²) >= 11 is 7.31. The summed E-state index contributed by atoms with van der Waals surface area (Å²) in [4.78, 5) is 13.2.